The van der Waals surface area contributed by atoms with Crippen molar-refractivity contribution in [3.05, 3.63) is 47.1 Å². The number of nitrogens with one attached hydrogen (secondary N) is 2. The average molecular weight is 308 g/mol. The van der Waals surface area contributed by atoms with Gasteiger partial charge in [-0.3, -0.25) is 4.99 Å². The van der Waals surface area contributed by atoms with Crippen LogP contribution in [0.25, 0.3) is 10.9 Å². The van der Waals surface area contributed by atoms with Crippen LogP contribution in [0.5, 0.6) is 0 Å². The van der Waals surface area contributed by atoms with Crippen LogP contribution in [0.1, 0.15) is 17.7 Å². The van der Waals surface area contributed by atoms with E-state index in [0.29, 0.717) is 6.04 Å². The quantitative estimate of drug-likeness (QED) is 0.849. The number of rotatable bonds is 1. The summed E-state index contributed by atoms with van der Waals surface area (Å²) in [7, 11) is 0. The Morgan fingerprint density at radius 2 is 2.22 bits per heavy atom. The van der Waals surface area contributed by atoms with Crippen molar-refractivity contribution < 1.29 is 4.74 Å². The largest absolute Gasteiger partial charge is 0.486 e. The van der Waals surface area contributed by atoms with Crippen LogP contribution in [-0.2, 0) is 17.6 Å². The van der Waals surface area contributed by atoms with E-state index < -0.39 is 0 Å². The standard InChI is InChI=1S/C18H20N4O/c1-2-4-15-13(3-1)14-9-12(5-6-16(14)21-15)22-11-19-10-17-18(22)20-7-8-23-17/h1-4,10,12,20-21H,5-9,11H2/t12-/m1/s1. The molecule has 1 atom stereocenters. The number of fused-ring (bicyclic) bond motifs is 3. The van der Waals surface area contributed by atoms with Gasteiger partial charge in [0.2, 0.25) is 0 Å². The fourth-order valence-corrected chi connectivity index (χ4v) is 4.02. The number of aliphatic imine (C=N–C) groups is 1. The monoisotopic (exact) mass is 308 g/mol. The summed E-state index contributed by atoms with van der Waals surface area (Å²) in [5, 5.41) is 4.88. The van der Waals surface area contributed by atoms with E-state index in [-0.39, 0.29) is 0 Å². The summed E-state index contributed by atoms with van der Waals surface area (Å²) in [6.07, 6.45) is 5.16. The minimum atomic E-state index is 0.471. The first-order valence-corrected chi connectivity index (χ1v) is 8.36. The molecular weight excluding hydrogens is 288 g/mol. The third-order valence-electron chi connectivity index (χ3n) is 5.13. The van der Waals surface area contributed by atoms with E-state index in [1.54, 1.807) is 0 Å². The van der Waals surface area contributed by atoms with Crippen LogP contribution in [-0.4, -0.2) is 42.0 Å². The molecule has 0 radical (unpaired) electrons. The van der Waals surface area contributed by atoms with Crippen molar-refractivity contribution in [3.8, 4) is 0 Å². The van der Waals surface area contributed by atoms with Gasteiger partial charge >= 0.3 is 0 Å². The molecule has 1 aromatic carbocycles. The van der Waals surface area contributed by atoms with Crippen LogP contribution < -0.4 is 5.32 Å². The highest BCUT2D eigenvalue weighted by Crippen LogP contribution is 2.32. The van der Waals surface area contributed by atoms with E-state index in [9.17, 15) is 0 Å². The van der Waals surface area contributed by atoms with Crippen LogP contribution in [0.4, 0.5) is 0 Å². The lowest BCUT2D eigenvalue weighted by Gasteiger charge is -2.40. The van der Waals surface area contributed by atoms with Crippen molar-refractivity contribution in [3.63, 3.8) is 0 Å². The molecule has 5 heteroatoms. The highest BCUT2D eigenvalue weighted by atomic mass is 16.5. The third kappa shape index (κ3) is 2.03. The molecule has 0 fully saturated rings. The Kier molecular flexibility index (Phi) is 2.86. The van der Waals surface area contributed by atoms with Gasteiger partial charge in [-0.25, -0.2) is 0 Å². The van der Waals surface area contributed by atoms with Crippen molar-refractivity contribution in [2.24, 2.45) is 4.99 Å². The molecule has 1 aromatic heterocycles. The van der Waals surface area contributed by atoms with Crippen LogP contribution >= 0.6 is 0 Å². The van der Waals surface area contributed by atoms with Crippen LogP contribution in [0.3, 0.4) is 0 Å². The van der Waals surface area contributed by atoms with Crippen molar-refractivity contribution in [2.75, 3.05) is 19.8 Å². The lowest BCUT2D eigenvalue weighted by atomic mass is 9.90. The van der Waals surface area contributed by atoms with E-state index in [1.807, 2.05) is 6.21 Å². The number of aromatic nitrogens is 1. The molecule has 5 nitrogen and oxygen atoms in total. The first-order chi connectivity index (χ1) is 11.4. The number of allylic oxidation sites excluding steroid dienone is 1. The zero-order valence-corrected chi connectivity index (χ0v) is 13.0. The zero-order valence-electron chi connectivity index (χ0n) is 13.0. The molecule has 118 valence electrons. The van der Waals surface area contributed by atoms with Crippen LogP contribution in [0.15, 0.2) is 40.8 Å². The number of ether oxygens (including phenoxy) is 1. The number of hydrogen-bond acceptors (Lipinski definition) is 4. The van der Waals surface area contributed by atoms with Gasteiger partial charge in [-0.15, -0.1) is 0 Å². The molecule has 2 N–H and O–H groups in total. The van der Waals surface area contributed by atoms with Crippen molar-refractivity contribution >= 4 is 17.1 Å². The first-order valence-electron chi connectivity index (χ1n) is 8.36. The highest BCUT2D eigenvalue weighted by Gasteiger charge is 2.31. The Morgan fingerprint density at radius 1 is 1.26 bits per heavy atom. The van der Waals surface area contributed by atoms with Gasteiger partial charge in [0.1, 0.15) is 19.1 Å². The number of hydrogen-bond donors (Lipinski definition) is 2. The van der Waals surface area contributed by atoms with Crippen molar-refractivity contribution in [1.82, 2.24) is 15.2 Å². The number of para-hydroxylation sites is 1. The average Bonchev–Trinajstić information content (AvgIpc) is 2.99. The maximum Gasteiger partial charge on any atom is 0.177 e. The second kappa shape index (κ2) is 5.05. The molecule has 2 aliphatic heterocycles. The normalized spacial score (nSPS) is 23.3. The molecule has 3 heterocycles. The van der Waals surface area contributed by atoms with Gasteiger partial charge in [0.15, 0.2) is 5.76 Å². The summed E-state index contributed by atoms with van der Waals surface area (Å²) < 4.78 is 5.75. The molecule has 0 saturated heterocycles. The summed E-state index contributed by atoms with van der Waals surface area (Å²) >= 11 is 0. The zero-order chi connectivity index (χ0) is 15.2. The third-order valence-corrected chi connectivity index (χ3v) is 5.13. The molecule has 23 heavy (non-hydrogen) atoms. The van der Waals surface area contributed by atoms with E-state index in [0.717, 1.165) is 50.7 Å². The second-order valence-corrected chi connectivity index (χ2v) is 6.44. The molecule has 0 saturated carbocycles. The number of H-pyrrole nitrogens is 1. The maximum atomic E-state index is 5.75. The minimum Gasteiger partial charge on any atom is -0.486 e. The number of aromatic amines is 1. The fourth-order valence-electron chi connectivity index (χ4n) is 4.02. The molecule has 0 bridgehead atoms. The van der Waals surface area contributed by atoms with Gasteiger partial charge < -0.3 is 19.9 Å². The van der Waals surface area contributed by atoms with Gasteiger partial charge in [0, 0.05) is 22.6 Å². The minimum absolute atomic E-state index is 0.471. The van der Waals surface area contributed by atoms with Gasteiger partial charge in [-0.05, 0) is 30.9 Å². The molecule has 5 rings (SSSR count). The van der Waals surface area contributed by atoms with Gasteiger partial charge in [-0.2, -0.15) is 0 Å². The smallest absolute Gasteiger partial charge is 0.177 e. The number of aryl methyl sites for hydroxylation is 1. The Bertz CT molecular complexity index is 820. The van der Waals surface area contributed by atoms with Crippen LogP contribution in [0.2, 0.25) is 0 Å². The summed E-state index contributed by atoms with van der Waals surface area (Å²) in [6.45, 7) is 2.31. The Balaban J connectivity index is 1.49. The molecule has 0 spiro atoms. The SMILES string of the molecule is C1=NCN([C@@H]2CCc3[nH]c4ccccc4c3C2)C2=C1OCCN2. The Labute approximate surface area is 135 Å². The van der Waals surface area contributed by atoms with Gasteiger partial charge in [0.25, 0.3) is 0 Å². The molecular formula is C18H20N4O. The summed E-state index contributed by atoms with van der Waals surface area (Å²) in [4.78, 5) is 10.5. The predicted octanol–water partition coefficient (Wildman–Crippen LogP) is 2.16. The van der Waals surface area contributed by atoms with Crippen molar-refractivity contribution in [2.45, 2.75) is 25.3 Å². The van der Waals surface area contributed by atoms with Crippen molar-refractivity contribution in [1.29, 1.82) is 0 Å². The maximum absolute atomic E-state index is 5.75. The van der Waals surface area contributed by atoms with Gasteiger partial charge in [0.05, 0.1) is 12.8 Å². The highest BCUT2D eigenvalue weighted by molar-refractivity contribution is 5.85. The summed E-state index contributed by atoms with van der Waals surface area (Å²) in [6, 6.07) is 9.10. The lowest BCUT2D eigenvalue weighted by Crippen LogP contribution is -2.47. The summed E-state index contributed by atoms with van der Waals surface area (Å²) in [5.74, 6) is 2.02. The number of benzene rings is 1. The molecule has 0 amide bonds. The lowest BCUT2D eigenvalue weighted by molar-refractivity contribution is 0.146. The van der Waals surface area contributed by atoms with E-state index in [4.69, 9.17) is 4.74 Å². The van der Waals surface area contributed by atoms with Gasteiger partial charge in [-0.1, -0.05) is 18.2 Å². The van der Waals surface area contributed by atoms with E-state index >= 15 is 0 Å². The topological polar surface area (TPSA) is 52.7 Å². The second-order valence-electron chi connectivity index (χ2n) is 6.44. The Morgan fingerprint density at radius 3 is 3.22 bits per heavy atom. The molecule has 0 unspecified atom stereocenters. The Hall–Kier alpha value is -2.43. The van der Waals surface area contributed by atoms with E-state index in [1.165, 1.54) is 22.2 Å². The summed E-state index contributed by atoms with van der Waals surface area (Å²) in [5.41, 5.74) is 4.14. The predicted molar refractivity (Wildman–Crippen MR) is 90.3 cm³/mol. The number of nitrogens with zero attached hydrogens (tertiary/aromatic N) is 2. The fraction of sp³-hybridized carbons (Fsp3) is 0.389. The molecule has 2 aromatic rings. The molecule has 3 aliphatic rings. The van der Waals surface area contributed by atoms with Crippen LogP contribution in [0, 0.1) is 0 Å². The van der Waals surface area contributed by atoms with E-state index in [2.05, 4.69) is 44.5 Å². The first kappa shape index (κ1) is 13.0. The molecule has 1 aliphatic carbocycles.